The Morgan fingerprint density at radius 3 is 3.14 bits per heavy atom. The molecular formula is C9H15N3O2. The number of nitrogens with one attached hydrogen (secondary N) is 1. The van der Waals surface area contributed by atoms with E-state index in [1.54, 1.807) is 13.8 Å². The van der Waals surface area contributed by atoms with Crippen LogP contribution in [0.1, 0.15) is 26.7 Å². The molecule has 0 aromatic heterocycles. The third-order valence-corrected chi connectivity index (χ3v) is 2.23. The van der Waals surface area contributed by atoms with Crippen molar-refractivity contribution in [1.29, 1.82) is 5.53 Å². The van der Waals surface area contributed by atoms with E-state index in [4.69, 9.17) is 10.3 Å². The molecule has 1 heterocycles. The predicted octanol–water partition coefficient (Wildman–Crippen LogP) is 1.57. The Hall–Kier alpha value is -1.26. The molecule has 0 bridgehead atoms. The lowest BCUT2D eigenvalue weighted by atomic mass is 10.1. The maximum Gasteiger partial charge on any atom is 0.330 e. The Kier molecular flexibility index (Phi) is 3.73. The Labute approximate surface area is 83.1 Å². The van der Waals surface area contributed by atoms with Crippen LogP contribution in [0.4, 0.5) is 0 Å². The van der Waals surface area contributed by atoms with Gasteiger partial charge in [-0.2, -0.15) is 5.11 Å². The molecule has 14 heavy (non-hydrogen) atoms. The summed E-state index contributed by atoms with van der Waals surface area (Å²) >= 11 is 0. The number of nitrogens with zero attached hydrogens (tertiary/aromatic N) is 2. The summed E-state index contributed by atoms with van der Waals surface area (Å²) in [5, 5.41) is 3.38. The summed E-state index contributed by atoms with van der Waals surface area (Å²) in [7, 11) is 0. The molecule has 1 N–H and O–H groups in total. The molecule has 0 saturated carbocycles. The van der Waals surface area contributed by atoms with Gasteiger partial charge in [0.05, 0.1) is 6.61 Å². The second kappa shape index (κ2) is 4.83. The summed E-state index contributed by atoms with van der Waals surface area (Å²) in [6.07, 6.45) is 1.43. The lowest BCUT2D eigenvalue weighted by molar-refractivity contribution is -0.144. The molecule has 2 atom stereocenters. The van der Waals surface area contributed by atoms with Crippen molar-refractivity contribution in [2.45, 2.75) is 38.8 Å². The number of esters is 1. The maximum atomic E-state index is 11.3. The SMILES string of the molecule is CCOC(=O)[C@@H]1CCC(C(C)N=N)=N1. The highest BCUT2D eigenvalue weighted by Gasteiger charge is 2.27. The van der Waals surface area contributed by atoms with Crippen LogP contribution in [0.25, 0.3) is 0 Å². The van der Waals surface area contributed by atoms with Gasteiger partial charge < -0.3 is 4.74 Å². The van der Waals surface area contributed by atoms with Crippen LogP contribution in [0.5, 0.6) is 0 Å². The van der Waals surface area contributed by atoms with Crippen molar-refractivity contribution in [3.63, 3.8) is 0 Å². The van der Waals surface area contributed by atoms with Crippen LogP contribution < -0.4 is 0 Å². The summed E-state index contributed by atoms with van der Waals surface area (Å²) in [5.41, 5.74) is 7.69. The van der Waals surface area contributed by atoms with Gasteiger partial charge in [-0.1, -0.05) is 0 Å². The van der Waals surface area contributed by atoms with Gasteiger partial charge in [-0.25, -0.2) is 10.3 Å². The van der Waals surface area contributed by atoms with Crippen LogP contribution in [0, 0.1) is 5.53 Å². The minimum atomic E-state index is -0.367. The molecule has 0 saturated heterocycles. The average molecular weight is 197 g/mol. The van der Waals surface area contributed by atoms with Crippen LogP contribution in [0.15, 0.2) is 10.1 Å². The molecule has 0 aromatic carbocycles. The molecule has 1 unspecified atom stereocenters. The van der Waals surface area contributed by atoms with E-state index in [9.17, 15) is 4.79 Å². The molecule has 5 nitrogen and oxygen atoms in total. The van der Waals surface area contributed by atoms with Crippen molar-refractivity contribution >= 4 is 11.7 Å². The number of carbonyl (C=O) groups is 1. The highest BCUT2D eigenvalue weighted by atomic mass is 16.5. The number of hydrogen-bond acceptors (Lipinski definition) is 5. The van der Waals surface area contributed by atoms with E-state index in [0.29, 0.717) is 13.0 Å². The zero-order chi connectivity index (χ0) is 10.6. The first kappa shape index (κ1) is 10.8. The van der Waals surface area contributed by atoms with E-state index in [-0.39, 0.29) is 18.1 Å². The van der Waals surface area contributed by atoms with Gasteiger partial charge in [0, 0.05) is 5.71 Å². The van der Waals surface area contributed by atoms with E-state index in [2.05, 4.69) is 10.1 Å². The Balaban J connectivity index is 2.57. The number of hydrogen-bond donors (Lipinski definition) is 1. The largest absolute Gasteiger partial charge is 0.464 e. The number of rotatable bonds is 4. The normalized spacial score (nSPS) is 22.7. The van der Waals surface area contributed by atoms with Crippen molar-refractivity contribution < 1.29 is 9.53 Å². The van der Waals surface area contributed by atoms with Crippen molar-refractivity contribution in [2.24, 2.45) is 10.1 Å². The Morgan fingerprint density at radius 2 is 2.57 bits per heavy atom. The fraction of sp³-hybridized carbons (Fsp3) is 0.778. The fourth-order valence-electron chi connectivity index (χ4n) is 1.41. The number of carbonyl (C=O) groups excluding carboxylic acids is 1. The van der Waals surface area contributed by atoms with Gasteiger partial charge in [0.15, 0.2) is 0 Å². The minimum Gasteiger partial charge on any atom is -0.464 e. The topological polar surface area (TPSA) is 74.9 Å². The molecule has 0 spiro atoms. The third kappa shape index (κ3) is 2.37. The first-order valence-electron chi connectivity index (χ1n) is 4.78. The maximum absolute atomic E-state index is 11.3. The molecule has 0 amide bonds. The number of ether oxygens (including phenoxy) is 1. The van der Waals surface area contributed by atoms with Crippen molar-refractivity contribution in [1.82, 2.24) is 0 Å². The van der Waals surface area contributed by atoms with Crippen LogP contribution >= 0.6 is 0 Å². The average Bonchev–Trinajstić information content (AvgIpc) is 2.66. The third-order valence-electron chi connectivity index (χ3n) is 2.23. The summed E-state index contributed by atoms with van der Waals surface area (Å²) in [4.78, 5) is 15.5. The molecular weight excluding hydrogens is 182 g/mol. The van der Waals surface area contributed by atoms with E-state index in [0.717, 1.165) is 12.1 Å². The van der Waals surface area contributed by atoms with Gasteiger partial charge in [0.1, 0.15) is 12.1 Å². The number of aliphatic imine (C=N–C) groups is 1. The first-order valence-corrected chi connectivity index (χ1v) is 4.78. The van der Waals surface area contributed by atoms with Gasteiger partial charge >= 0.3 is 5.97 Å². The molecule has 0 aromatic rings. The smallest absolute Gasteiger partial charge is 0.330 e. The molecule has 0 aliphatic carbocycles. The molecule has 0 fully saturated rings. The van der Waals surface area contributed by atoms with Gasteiger partial charge in [-0.3, -0.25) is 4.99 Å². The summed E-state index contributed by atoms with van der Waals surface area (Å²) in [6, 6.07) is -0.566. The highest BCUT2D eigenvalue weighted by molar-refractivity contribution is 5.94. The Bertz CT molecular complexity index is 263. The molecule has 0 radical (unpaired) electrons. The van der Waals surface area contributed by atoms with Crippen LogP contribution in [-0.4, -0.2) is 30.4 Å². The molecule has 1 aliphatic rings. The molecule has 5 heteroatoms. The van der Waals surface area contributed by atoms with Crippen LogP contribution in [-0.2, 0) is 9.53 Å². The van der Waals surface area contributed by atoms with E-state index >= 15 is 0 Å². The fourth-order valence-corrected chi connectivity index (χ4v) is 1.41. The van der Waals surface area contributed by atoms with E-state index in [1.165, 1.54) is 0 Å². The van der Waals surface area contributed by atoms with Crippen molar-refractivity contribution in [3.05, 3.63) is 0 Å². The van der Waals surface area contributed by atoms with Crippen molar-refractivity contribution in [3.8, 4) is 0 Å². The Morgan fingerprint density at radius 1 is 1.86 bits per heavy atom. The first-order chi connectivity index (χ1) is 6.69. The van der Waals surface area contributed by atoms with Gasteiger partial charge in [-0.15, -0.1) is 0 Å². The second-order valence-electron chi connectivity index (χ2n) is 3.23. The van der Waals surface area contributed by atoms with Crippen molar-refractivity contribution in [2.75, 3.05) is 6.61 Å². The summed E-state index contributed by atoms with van der Waals surface area (Å²) in [6.45, 7) is 3.97. The molecule has 78 valence electrons. The lowest BCUT2D eigenvalue weighted by Gasteiger charge is -2.04. The summed E-state index contributed by atoms with van der Waals surface area (Å²) < 4.78 is 4.86. The monoisotopic (exact) mass is 197 g/mol. The molecule has 1 rings (SSSR count). The second-order valence-corrected chi connectivity index (χ2v) is 3.23. The van der Waals surface area contributed by atoms with E-state index < -0.39 is 0 Å². The van der Waals surface area contributed by atoms with Gasteiger partial charge in [0.25, 0.3) is 0 Å². The zero-order valence-corrected chi connectivity index (χ0v) is 8.49. The van der Waals surface area contributed by atoms with Gasteiger partial charge in [0.2, 0.25) is 0 Å². The standard InChI is InChI=1S/C9H15N3O2/c1-3-14-9(13)8-5-4-7(11-8)6(2)12-10/h6,8,10H,3-5H2,1-2H3/t6?,8-/m0/s1. The summed E-state index contributed by atoms with van der Waals surface area (Å²) in [5.74, 6) is -0.264. The molecule has 1 aliphatic heterocycles. The predicted molar refractivity (Wildman–Crippen MR) is 51.7 cm³/mol. The highest BCUT2D eigenvalue weighted by Crippen LogP contribution is 2.17. The quantitative estimate of drug-likeness (QED) is 0.548. The van der Waals surface area contributed by atoms with Gasteiger partial charge in [-0.05, 0) is 26.7 Å². The van der Waals surface area contributed by atoms with E-state index in [1.807, 2.05) is 0 Å². The minimum absolute atomic E-state index is 0.200. The van der Waals surface area contributed by atoms with Crippen LogP contribution in [0.2, 0.25) is 0 Å². The lowest BCUT2D eigenvalue weighted by Crippen LogP contribution is -2.19. The van der Waals surface area contributed by atoms with Crippen LogP contribution in [0.3, 0.4) is 0 Å². The zero-order valence-electron chi connectivity index (χ0n) is 8.49.